The standard InChI is InChI=1S/C20H26N2O2/c1-15-6-5-7-16(2)20(15)21-19(23)14-22(3)13-12-17-8-10-18(24-4)11-9-17/h5-11H,12-14H2,1-4H3,(H,21,23). The minimum atomic E-state index is 0.0182. The zero-order valence-electron chi connectivity index (χ0n) is 14.9. The smallest absolute Gasteiger partial charge is 0.238 e. The number of rotatable bonds is 7. The van der Waals surface area contributed by atoms with Crippen LogP contribution in [-0.2, 0) is 11.2 Å². The molecule has 2 aromatic carbocycles. The van der Waals surface area contributed by atoms with Crippen LogP contribution in [0.2, 0.25) is 0 Å². The van der Waals surface area contributed by atoms with Gasteiger partial charge in [-0.05, 0) is 56.1 Å². The minimum Gasteiger partial charge on any atom is -0.497 e. The van der Waals surface area contributed by atoms with E-state index in [1.165, 1.54) is 5.56 Å². The number of ether oxygens (including phenoxy) is 1. The molecule has 1 amide bonds. The van der Waals surface area contributed by atoms with Gasteiger partial charge in [-0.15, -0.1) is 0 Å². The van der Waals surface area contributed by atoms with Gasteiger partial charge in [0.25, 0.3) is 0 Å². The summed E-state index contributed by atoms with van der Waals surface area (Å²) in [4.78, 5) is 14.3. The lowest BCUT2D eigenvalue weighted by atomic mass is 10.1. The van der Waals surface area contributed by atoms with Crippen molar-refractivity contribution in [2.24, 2.45) is 0 Å². The number of likely N-dealkylation sites (N-methyl/N-ethyl adjacent to an activating group) is 1. The first kappa shape index (κ1) is 18.0. The van der Waals surface area contributed by atoms with Gasteiger partial charge in [-0.25, -0.2) is 0 Å². The van der Waals surface area contributed by atoms with Gasteiger partial charge in [-0.3, -0.25) is 9.69 Å². The van der Waals surface area contributed by atoms with Crippen LogP contribution in [0.25, 0.3) is 0 Å². The minimum absolute atomic E-state index is 0.0182. The van der Waals surface area contributed by atoms with Crippen molar-refractivity contribution in [3.05, 3.63) is 59.2 Å². The number of nitrogens with zero attached hydrogens (tertiary/aromatic N) is 1. The molecule has 0 aliphatic heterocycles. The summed E-state index contributed by atoms with van der Waals surface area (Å²) in [6, 6.07) is 14.1. The van der Waals surface area contributed by atoms with Crippen molar-refractivity contribution in [1.29, 1.82) is 0 Å². The largest absolute Gasteiger partial charge is 0.497 e. The predicted octanol–water partition coefficient (Wildman–Crippen LogP) is 3.43. The highest BCUT2D eigenvalue weighted by atomic mass is 16.5. The fraction of sp³-hybridized carbons (Fsp3) is 0.350. The molecule has 0 aliphatic carbocycles. The molecular weight excluding hydrogens is 300 g/mol. The predicted molar refractivity (Wildman–Crippen MR) is 98.7 cm³/mol. The summed E-state index contributed by atoms with van der Waals surface area (Å²) in [6.45, 7) is 5.22. The van der Waals surface area contributed by atoms with Crippen LogP contribution in [-0.4, -0.2) is 38.1 Å². The van der Waals surface area contributed by atoms with E-state index in [0.717, 1.165) is 35.5 Å². The van der Waals surface area contributed by atoms with Crippen LogP contribution in [0.1, 0.15) is 16.7 Å². The van der Waals surface area contributed by atoms with Gasteiger partial charge in [0.2, 0.25) is 5.91 Å². The molecule has 1 N–H and O–H groups in total. The lowest BCUT2D eigenvalue weighted by Crippen LogP contribution is -2.32. The lowest BCUT2D eigenvalue weighted by molar-refractivity contribution is -0.117. The first-order chi connectivity index (χ1) is 11.5. The number of methoxy groups -OCH3 is 1. The van der Waals surface area contributed by atoms with E-state index in [1.807, 2.05) is 56.1 Å². The maximum absolute atomic E-state index is 12.3. The summed E-state index contributed by atoms with van der Waals surface area (Å²) in [7, 11) is 3.63. The molecule has 0 saturated carbocycles. The van der Waals surface area contributed by atoms with E-state index < -0.39 is 0 Å². The first-order valence-electron chi connectivity index (χ1n) is 8.17. The van der Waals surface area contributed by atoms with Crippen LogP contribution >= 0.6 is 0 Å². The van der Waals surface area contributed by atoms with Crippen LogP contribution in [0, 0.1) is 13.8 Å². The molecule has 2 rings (SSSR count). The van der Waals surface area contributed by atoms with E-state index in [-0.39, 0.29) is 5.91 Å². The van der Waals surface area contributed by atoms with Gasteiger partial charge in [-0.1, -0.05) is 30.3 Å². The topological polar surface area (TPSA) is 41.6 Å². The molecule has 128 valence electrons. The number of nitrogens with one attached hydrogen (secondary N) is 1. The second kappa shape index (κ2) is 8.50. The third kappa shape index (κ3) is 5.10. The van der Waals surface area contributed by atoms with Crippen molar-refractivity contribution in [2.75, 3.05) is 32.6 Å². The number of para-hydroxylation sites is 1. The summed E-state index contributed by atoms with van der Waals surface area (Å²) >= 11 is 0. The molecule has 0 unspecified atom stereocenters. The lowest BCUT2D eigenvalue weighted by Gasteiger charge is -2.18. The Balaban J connectivity index is 1.83. The van der Waals surface area contributed by atoms with Crippen molar-refractivity contribution in [3.8, 4) is 5.75 Å². The number of hydrogen-bond acceptors (Lipinski definition) is 3. The molecule has 0 heterocycles. The summed E-state index contributed by atoms with van der Waals surface area (Å²) in [5.74, 6) is 0.879. The number of anilines is 1. The highest BCUT2D eigenvalue weighted by Crippen LogP contribution is 2.19. The molecule has 0 aliphatic rings. The summed E-state index contributed by atoms with van der Waals surface area (Å²) in [6.07, 6.45) is 0.900. The van der Waals surface area contributed by atoms with Crippen molar-refractivity contribution >= 4 is 11.6 Å². The van der Waals surface area contributed by atoms with E-state index in [2.05, 4.69) is 17.4 Å². The Bertz CT molecular complexity index is 660. The maximum Gasteiger partial charge on any atom is 0.238 e. The number of aryl methyl sites for hydroxylation is 2. The van der Waals surface area contributed by atoms with Gasteiger partial charge in [0.15, 0.2) is 0 Å². The first-order valence-corrected chi connectivity index (χ1v) is 8.17. The Morgan fingerprint density at radius 1 is 1.08 bits per heavy atom. The quantitative estimate of drug-likeness (QED) is 0.847. The number of hydrogen-bond donors (Lipinski definition) is 1. The molecule has 2 aromatic rings. The second-order valence-corrected chi connectivity index (χ2v) is 6.15. The van der Waals surface area contributed by atoms with E-state index >= 15 is 0 Å². The summed E-state index contributed by atoms with van der Waals surface area (Å²) in [5.41, 5.74) is 4.33. The van der Waals surface area contributed by atoms with Crippen molar-refractivity contribution in [2.45, 2.75) is 20.3 Å². The van der Waals surface area contributed by atoms with Crippen LogP contribution in [0.15, 0.2) is 42.5 Å². The van der Waals surface area contributed by atoms with Crippen LogP contribution in [0.3, 0.4) is 0 Å². The molecule has 4 heteroatoms. The Kier molecular flexibility index (Phi) is 6.38. The monoisotopic (exact) mass is 326 g/mol. The normalized spacial score (nSPS) is 10.7. The number of amides is 1. The molecule has 0 bridgehead atoms. The average Bonchev–Trinajstić information content (AvgIpc) is 2.57. The van der Waals surface area contributed by atoms with E-state index in [0.29, 0.717) is 6.54 Å². The van der Waals surface area contributed by atoms with Gasteiger partial charge >= 0.3 is 0 Å². The van der Waals surface area contributed by atoms with Crippen molar-refractivity contribution in [3.63, 3.8) is 0 Å². The molecular formula is C20H26N2O2. The highest BCUT2D eigenvalue weighted by molar-refractivity contribution is 5.93. The van der Waals surface area contributed by atoms with Crippen LogP contribution in [0.4, 0.5) is 5.69 Å². The van der Waals surface area contributed by atoms with Crippen molar-refractivity contribution < 1.29 is 9.53 Å². The Morgan fingerprint density at radius 2 is 1.71 bits per heavy atom. The van der Waals surface area contributed by atoms with E-state index in [4.69, 9.17) is 4.74 Å². The molecule has 0 fully saturated rings. The van der Waals surface area contributed by atoms with E-state index in [9.17, 15) is 4.79 Å². The Labute approximate surface area is 144 Å². The highest BCUT2D eigenvalue weighted by Gasteiger charge is 2.10. The number of carbonyl (C=O) groups is 1. The van der Waals surface area contributed by atoms with E-state index in [1.54, 1.807) is 7.11 Å². The maximum atomic E-state index is 12.3. The zero-order valence-corrected chi connectivity index (χ0v) is 14.9. The van der Waals surface area contributed by atoms with Crippen molar-refractivity contribution in [1.82, 2.24) is 4.90 Å². The number of benzene rings is 2. The van der Waals surface area contributed by atoms with Crippen LogP contribution in [0.5, 0.6) is 5.75 Å². The summed E-state index contributed by atoms with van der Waals surface area (Å²) < 4.78 is 5.16. The molecule has 0 spiro atoms. The average molecular weight is 326 g/mol. The second-order valence-electron chi connectivity index (χ2n) is 6.15. The van der Waals surface area contributed by atoms with Gasteiger partial charge in [-0.2, -0.15) is 0 Å². The fourth-order valence-electron chi connectivity index (χ4n) is 2.63. The molecule has 24 heavy (non-hydrogen) atoms. The van der Waals surface area contributed by atoms with Gasteiger partial charge in [0.05, 0.1) is 13.7 Å². The SMILES string of the molecule is COc1ccc(CCN(C)CC(=O)Nc2c(C)cccc2C)cc1. The Morgan fingerprint density at radius 3 is 2.29 bits per heavy atom. The van der Waals surface area contributed by atoms with Gasteiger partial charge < -0.3 is 10.1 Å². The molecule has 4 nitrogen and oxygen atoms in total. The van der Waals surface area contributed by atoms with Gasteiger partial charge in [0.1, 0.15) is 5.75 Å². The number of carbonyl (C=O) groups excluding carboxylic acids is 1. The van der Waals surface area contributed by atoms with Gasteiger partial charge in [0, 0.05) is 12.2 Å². The third-order valence-electron chi connectivity index (χ3n) is 4.10. The van der Waals surface area contributed by atoms with Crippen LogP contribution < -0.4 is 10.1 Å². The zero-order chi connectivity index (χ0) is 17.5. The molecule has 0 radical (unpaired) electrons. The molecule has 0 saturated heterocycles. The molecule has 0 aromatic heterocycles. The summed E-state index contributed by atoms with van der Waals surface area (Å²) in [5, 5.41) is 3.03. The Hall–Kier alpha value is -2.33. The third-order valence-corrected chi connectivity index (χ3v) is 4.10. The fourth-order valence-corrected chi connectivity index (χ4v) is 2.63. The molecule has 0 atom stereocenters.